The summed E-state index contributed by atoms with van der Waals surface area (Å²) in [5, 5.41) is 9.57. The third-order valence-electron chi connectivity index (χ3n) is 6.25. The molecule has 0 spiro atoms. The topological polar surface area (TPSA) is 179 Å². The summed E-state index contributed by atoms with van der Waals surface area (Å²) in [7, 11) is 0. The lowest BCUT2D eigenvalue weighted by Crippen LogP contribution is -2.51. The molecular weight excluding hydrogens is 678 g/mol. The molecule has 302 valence electrons. The number of ether oxygens (including phenoxy) is 5. The number of carboxylic acids is 1. The molecule has 0 saturated heterocycles. The van der Waals surface area contributed by atoms with Gasteiger partial charge < -0.3 is 28.8 Å². The molecule has 15 heteroatoms. The summed E-state index contributed by atoms with van der Waals surface area (Å²) in [5.74, 6) is -4.14. The van der Waals surface area contributed by atoms with Crippen molar-refractivity contribution >= 4 is 35.8 Å². The first-order chi connectivity index (χ1) is 23.2. The minimum absolute atomic E-state index is 0.0435. The molecule has 0 amide bonds. The molecule has 0 aliphatic carbocycles. The average Bonchev–Trinajstić information content (AvgIpc) is 2.83. The molecule has 0 radical (unpaired) electrons. The first-order valence-corrected chi connectivity index (χ1v) is 17.7. The predicted molar refractivity (Wildman–Crippen MR) is 194 cm³/mol. The molecule has 0 saturated carbocycles. The van der Waals surface area contributed by atoms with Crippen molar-refractivity contribution in [2.45, 2.75) is 151 Å². The molecule has 1 N–H and O–H groups in total. The van der Waals surface area contributed by atoms with Gasteiger partial charge >= 0.3 is 35.8 Å². The van der Waals surface area contributed by atoms with Crippen LogP contribution in [0.3, 0.4) is 0 Å². The Hall–Kier alpha value is -3.30. The minimum atomic E-state index is -1.12. The van der Waals surface area contributed by atoms with Crippen LogP contribution < -0.4 is 0 Å². The Bertz CT molecular complexity index is 1070. The summed E-state index contributed by atoms with van der Waals surface area (Å²) < 4.78 is 27.7. The normalized spacial score (nSPS) is 13.5. The van der Waals surface area contributed by atoms with E-state index in [2.05, 4.69) is 0 Å². The Labute approximate surface area is 310 Å². The lowest BCUT2D eigenvalue weighted by Gasteiger charge is -2.35. The third-order valence-corrected chi connectivity index (χ3v) is 6.25. The van der Waals surface area contributed by atoms with Crippen molar-refractivity contribution in [3.05, 3.63) is 0 Å². The number of carbonyl (C=O) groups excluding carboxylic acids is 5. The summed E-state index contributed by atoms with van der Waals surface area (Å²) in [5.41, 5.74) is -4.05. The molecule has 52 heavy (non-hydrogen) atoms. The van der Waals surface area contributed by atoms with Gasteiger partial charge in [-0.1, -0.05) is 0 Å². The van der Waals surface area contributed by atoms with Crippen molar-refractivity contribution in [3.63, 3.8) is 0 Å². The maximum absolute atomic E-state index is 13.7. The van der Waals surface area contributed by atoms with Crippen LogP contribution in [0.1, 0.15) is 117 Å². The van der Waals surface area contributed by atoms with E-state index in [1.165, 1.54) is 9.80 Å². The molecular formula is C37H67N3O12. The van der Waals surface area contributed by atoms with Crippen LogP contribution in [0, 0.1) is 0 Å². The van der Waals surface area contributed by atoms with E-state index in [9.17, 15) is 33.9 Å². The van der Waals surface area contributed by atoms with E-state index >= 15 is 0 Å². The van der Waals surface area contributed by atoms with E-state index in [0.717, 1.165) is 0 Å². The van der Waals surface area contributed by atoms with Crippen LogP contribution in [0.4, 0.5) is 0 Å². The van der Waals surface area contributed by atoms with Crippen molar-refractivity contribution in [1.29, 1.82) is 0 Å². The number of hydrogen-bond acceptors (Lipinski definition) is 14. The Morgan fingerprint density at radius 3 is 0.962 bits per heavy atom. The second-order valence-electron chi connectivity index (χ2n) is 17.8. The molecule has 0 heterocycles. The Morgan fingerprint density at radius 1 is 0.462 bits per heavy atom. The number of rotatable bonds is 19. The van der Waals surface area contributed by atoms with Crippen LogP contribution in [-0.4, -0.2) is 142 Å². The first kappa shape index (κ1) is 48.7. The molecule has 0 aromatic heterocycles. The quantitative estimate of drug-likeness (QED) is 0.149. The maximum atomic E-state index is 13.7. The molecule has 1 atom stereocenters. The third kappa shape index (κ3) is 26.5. The van der Waals surface area contributed by atoms with Gasteiger partial charge in [0, 0.05) is 32.6 Å². The van der Waals surface area contributed by atoms with Crippen LogP contribution >= 0.6 is 0 Å². The van der Waals surface area contributed by atoms with E-state index in [4.69, 9.17) is 23.7 Å². The standard InChI is InChI=1S/C37H67N3O12/c1-33(2,3)48-28(43)22-38(23-29(44)49-34(4,5)6)18-20-40(26(16-17-27(41)42)32(47)52-37(13,14)15)21-19-39(24-30(45)50-35(7,8)9)25-31(46)51-36(10,11)12/h26H,16-25H2,1-15H3,(H,41,42). The lowest BCUT2D eigenvalue weighted by molar-refractivity contribution is -0.165. The molecule has 0 aromatic carbocycles. The van der Waals surface area contributed by atoms with Gasteiger partial charge in [-0.05, 0) is 110 Å². The van der Waals surface area contributed by atoms with Gasteiger partial charge in [-0.2, -0.15) is 0 Å². The van der Waals surface area contributed by atoms with Crippen LogP contribution in [0.5, 0.6) is 0 Å². The van der Waals surface area contributed by atoms with Gasteiger partial charge in [0.1, 0.15) is 34.0 Å². The summed E-state index contributed by atoms with van der Waals surface area (Å²) in [4.78, 5) is 81.7. The highest BCUT2D eigenvalue weighted by atomic mass is 16.6. The first-order valence-electron chi connectivity index (χ1n) is 17.7. The smallest absolute Gasteiger partial charge is 0.323 e. The Morgan fingerprint density at radius 2 is 0.731 bits per heavy atom. The molecule has 0 aliphatic heterocycles. The van der Waals surface area contributed by atoms with Gasteiger partial charge in [0.2, 0.25) is 0 Å². The van der Waals surface area contributed by atoms with Gasteiger partial charge in [0.05, 0.1) is 26.2 Å². The fourth-order valence-corrected chi connectivity index (χ4v) is 4.70. The van der Waals surface area contributed by atoms with E-state index < -0.39 is 69.9 Å². The van der Waals surface area contributed by atoms with Gasteiger partial charge in [0.25, 0.3) is 0 Å². The number of hydrogen-bond donors (Lipinski definition) is 1. The van der Waals surface area contributed by atoms with Gasteiger partial charge in [-0.15, -0.1) is 0 Å². The summed E-state index contributed by atoms with van der Waals surface area (Å²) in [6, 6.07) is -1.08. The van der Waals surface area contributed by atoms with E-state index in [-0.39, 0.29) is 65.2 Å². The molecule has 0 rings (SSSR count). The van der Waals surface area contributed by atoms with Crippen molar-refractivity contribution in [1.82, 2.24) is 14.7 Å². The number of carbonyl (C=O) groups is 6. The average molecular weight is 746 g/mol. The highest BCUT2D eigenvalue weighted by Gasteiger charge is 2.33. The largest absolute Gasteiger partial charge is 0.481 e. The van der Waals surface area contributed by atoms with Crippen LogP contribution in [-0.2, 0) is 52.5 Å². The van der Waals surface area contributed by atoms with E-state index in [1.807, 2.05) is 0 Å². The highest BCUT2D eigenvalue weighted by molar-refractivity contribution is 5.78. The predicted octanol–water partition coefficient (Wildman–Crippen LogP) is 3.83. The summed E-state index contributed by atoms with van der Waals surface area (Å²) >= 11 is 0. The molecule has 1 unspecified atom stereocenters. The Kier molecular flexibility index (Phi) is 19.0. The molecule has 15 nitrogen and oxygen atoms in total. The summed E-state index contributed by atoms with van der Waals surface area (Å²) in [6.45, 7) is 24.8. The van der Waals surface area contributed by atoms with E-state index in [1.54, 1.807) is 109 Å². The van der Waals surface area contributed by atoms with Crippen LogP contribution in [0.15, 0.2) is 0 Å². The van der Waals surface area contributed by atoms with Crippen LogP contribution in [0.25, 0.3) is 0 Å². The second kappa shape index (κ2) is 20.2. The number of nitrogens with zero attached hydrogens (tertiary/aromatic N) is 3. The maximum Gasteiger partial charge on any atom is 0.323 e. The zero-order valence-electron chi connectivity index (χ0n) is 34.4. The van der Waals surface area contributed by atoms with Crippen LogP contribution in [0.2, 0.25) is 0 Å². The summed E-state index contributed by atoms with van der Waals surface area (Å²) in [6.07, 6.45) is -0.486. The van der Waals surface area contributed by atoms with Gasteiger partial charge in [-0.3, -0.25) is 43.5 Å². The molecule has 0 aliphatic rings. The highest BCUT2D eigenvalue weighted by Crippen LogP contribution is 2.18. The van der Waals surface area contributed by atoms with Gasteiger partial charge in [-0.25, -0.2) is 0 Å². The number of carboxylic acid groups (broad SMARTS) is 1. The van der Waals surface area contributed by atoms with Crippen molar-refractivity contribution in [2.24, 2.45) is 0 Å². The number of esters is 5. The number of aliphatic carboxylic acids is 1. The SMILES string of the molecule is CC(C)(C)OC(=O)CN(CCN(CCN(CC(=O)OC(C)(C)C)CC(=O)OC(C)(C)C)C(CCC(=O)O)C(=O)OC(C)(C)C)CC(=O)OC(C)(C)C. The van der Waals surface area contributed by atoms with Crippen molar-refractivity contribution < 1.29 is 57.6 Å². The van der Waals surface area contributed by atoms with Crippen molar-refractivity contribution in [3.8, 4) is 0 Å². The Balaban J connectivity index is 6.74. The fourth-order valence-electron chi connectivity index (χ4n) is 4.70. The molecule has 0 fully saturated rings. The second-order valence-corrected chi connectivity index (χ2v) is 17.8. The monoisotopic (exact) mass is 745 g/mol. The van der Waals surface area contributed by atoms with Gasteiger partial charge in [0.15, 0.2) is 0 Å². The zero-order valence-corrected chi connectivity index (χ0v) is 34.4. The fraction of sp³-hybridized carbons (Fsp3) is 0.838. The minimum Gasteiger partial charge on any atom is -0.481 e. The molecule has 0 aromatic rings. The molecule has 0 bridgehead atoms. The zero-order chi connectivity index (χ0) is 40.9. The lowest BCUT2D eigenvalue weighted by atomic mass is 10.1. The van der Waals surface area contributed by atoms with Crippen molar-refractivity contribution in [2.75, 3.05) is 52.4 Å². The van der Waals surface area contributed by atoms with E-state index in [0.29, 0.717) is 0 Å².